The van der Waals surface area contributed by atoms with Gasteiger partial charge in [0.1, 0.15) is 0 Å². The number of hydrogen-bond donors (Lipinski definition) is 2. The van der Waals surface area contributed by atoms with Crippen molar-refractivity contribution in [3.63, 3.8) is 0 Å². The lowest BCUT2D eigenvalue weighted by molar-refractivity contribution is -0.192. The summed E-state index contributed by atoms with van der Waals surface area (Å²) in [5.74, 6) is -2.37. The molecule has 2 amide bonds. The van der Waals surface area contributed by atoms with Gasteiger partial charge in [-0.3, -0.25) is 14.6 Å². The second kappa shape index (κ2) is 8.57. The van der Waals surface area contributed by atoms with Gasteiger partial charge in [0.15, 0.2) is 0 Å². The monoisotopic (exact) mass is 401 g/mol. The van der Waals surface area contributed by atoms with Gasteiger partial charge in [0.05, 0.1) is 0 Å². The minimum atomic E-state index is -5.08. The van der Waals surface area contributed by atoms with Crippen molar-refractivity contribution in [2.24, 2.45) is 11.3 Å². The van der Waals surface area contributed by atoms with Crippen LogP contribution in [-0.2, 0) is 20.9 Å². The minimum absolute atomic E-state index is 0.0594. The molecule has 1 aliphatic carbocycles. The summed E-state index contributed by atoms with van der Waals surface area (Å²) in [5.41, 5.74) is 1.07. The lowest BCUT2D eigenvalue weighted by atomic mass is 10.0. The molecule has 2 unspecified atom stereocenters. The average molecular weight is 401 g/mol. The Kier molecular flexibility index (Phi) is 6.63. The van der Waals surface area contributed by atoms with Gasteiger partial charge in [-0.15, -0.1) is 0 Å². The first-order valence-electron chi connectivity index (χ1n) is 8.83. The molecule has 0 bridgehead atoms. The van der Waals surface area contributed by atoms with E-state index in [1.54, 1.807) is 12.4 Å². The van der Waals surface area contributed by atoms with E-state index in [-0.39, 0.29) is 23.1 Å². The number of nitrogens with one attached hydrogen (secondary N) is 1. The number of pyridine rings is 1. The molecule has 1 aliphatic heterocycles. The summed E-state index contributed by atoms with van der Waals surface area (Å²) < 4.78 is 31.7. The molecule has 1 saturated carbocycles. The maximum absolute atomic E-state index is 12.3. The van der Waals surface area contributed by atoms with Gasteiger partial charge in [-0.2, -0.15) is 13.2 Å². The molecular weight excluding hydrogens is 379 g/mol. The Morgan fingerprint density at radius 1 is 1.39 bits per heavy atom. The summed E-state index contributed by atoms with van der Waals surface area (Å²) in [6, 6.07) is 3.82. The Bertz CT molecular complexity index is 727. The number of likely N-dealkylation sites (tertiary alicyclic amines) is 1. The zero-order valence-corrected chi connectivity index (χ0v) is 15.3. The van der Waals surface area contributed by atoms with Crippen LogP contribution >= 0.6 is 0 Å². The number of carbonyl (C=O) groups excluding carboxylic acids is 2. The third-order valence-corrected chi connectivity index (χ3v) is 4.98. The molecule has 1 saturated heterocycles. The van der Waals surface area contributed by atoms with Gasteiger partial charge >= 0.3 is 12.1 Å². The number of carboxylic acid groups (broad SMARTS) is 1. The highest BCUT2D eigenvalue weighted by Gasteiger charge is 2.61. The largest absolute Gasteiger partial charge is 0.490 e. The number of amides is 2. The summed E-state index contributed by atoms with van der Waals surface area (Å²) in [6.07, 6.45) is 0.830. The van der Waals surface area contributed by atoms with E-state index in [1.165, 1.54) is 0 Å². The Morgan fingerprint density at radius 3 is 2.61 bits per heavy atom. The van der Waals surface area contributed by atoms with E-state index in [0.717, 1.165) is 31.5 Å². The van der Waals surface area contributed by atoms with Crippen LogP contribution in [0.15, 0.2) is 24.5 Å². The molecule has 28 heavy (non-hydrogen) atoms. The number of nitrogens with zero attached hydrogens (tertiary/aromatic N) is 2. The van der Waals surface area contributed by atoms with Crippen LogP contribution in [0, 0.1) is 11.3 Å². The summed E-state index contributed by atoms with van der Waals surface area (Å²) in [7, 11) is 0. The van der Waals surface area contributed by atoms with Crippen LogP contribution in [0.4, 0.5) is 13.2 Å². The fraction of sp³-hybridized carbons (Fsp3) is 0.556. The first-order chi connectivity index (χ1) is 13.1. The quantitative estimate of drug-likeness (QED) is 0.804. The molecule has 2 aliphatic rings. The van der Waals surface area contributed by atoms with E-state index in [1.807, 2.05) is 24.0 Å². The molecule has 0 radical (unpaired) electrons. The van der Waals surface area contributed by atoms with Gasteiger partial charge in [-0.1, -0.05) is 13.0 Å². The molecular formula is C18H22F3N3O4. The number of aliphatic carboxylic acids is 1. The van der Waals surface area contributed by atoms with Crippen LogP contribution in [0.3, 0.4) is 0 Å². The smallest absolute Gasteiger partial charge is 0.475 e. The number of hydrogen-bond acceptors (Lipinski definition) is 4. The number of carboxylic acids is 1. The van der Waals surface area contributed by atoms with E-state index in [2.05, 4.69) is 10.3 Å². The van der Waals surface area contributed by atoms with E-state index >= 15 is 0 Å². The van der Waals surface area contributed by atoms with Crippen LogP contribution in [0.5, 0.6) is 0 Å². The lowest BCUT2D eigenvalue weighted by Gasteiger charge is -2.15. The van der Waals surface area contributed by atoms with Crippen molar-refractivity contribution in [2.75, 3.05) is 13.1 Å². The van der Waals surface area contributed by atoms with E-state index < -0.39 is 12.1 Å². The maximum Gasteiger partial charge on any atom is 0.490 e. The topological polar surface area (TPSA) is 99.6 Å². The standard InChI is InChI=1S/C16H21N3O2.C2HF3O2/c1-2-14(20)19-7-5-16(11-19)8-13(16)15(21)18-10-12-4-3-6-17-9-12;3-2(4,5)1(6)7/h3-4,6,9,13H,2,5,7-8,10-11H2,1H3,(H,18,21);(H,6,7). The normalized spacial score (nSPS) is 23.0. The molecule has 1 spiro atoms. The summed E-state index contributed by atoms with van der Waals surface area (Å²) in [6.45, 7) is 3.97. The number of carbonyl (C=O) groups is 3. The maximum atomic E-state index is 12.3. The number of halogens is 3. The fourth-order valence-corrected chi connectivity index (χ4v) is 3.32. The summed E-state index contributed by atoms with van der Waals surface area (Å²) in [4.78, 5) is 38.8. The zero-order chi connectivity index (χ0) is 20.9. The highest BCUT2D eigenvalue weighted by atomic mass is 19.4. The Balaban J connectivity index is 0.000000345. The first-order valence-corrected chi connectivity index (χ1v) is 8.83. The molecule has 10 heteroatoms. The highest BCUT2D eigenvalue weighted by molar-refractivity contribution is 5.83. The predicted molar refractivity (Wildman–Crippen MR) is 91.8 cm³/mol. The van der Waals surface area contributed by atoms with Crippen molar-refractivity contribution in [1.82, 2.24) is 15.2 Å². The van der Waals surface area contributed by atoms with Crippen molar-refractivity contribution < 1.29 is 32.7 Å². The van der Waals surface area contributed by atoms with E-state index in [0.29, 0.717) is 13.0 Å². The van der Waals surface area contributed by atoms with E-state index in [4.69, 9.17) is 9.90 Å². The molecule has 2 fully saturated rings. The Morgan fingerprint density at radius 2 is 2.07 bits per heavy atom. The minimum Gasteiger partial charge on any atom is -0.475 e. The second-order valence-corrected chi connectivity index (χ2v) is 6.92. The molecule has 2 heterocycles. The van der Waals surface area contributed by atoms with Gasteiger partial charge in [0, 0.05) is 49.8 Å². The zero-order valence-electron chi connectivity index (χ0n) is 15.3. The van der Waals surface area contributed by atoms with Crippen molar-refractivity contribution in [3.05, 3.63) is 30.1 Å². The molecule has 2 N–H and O–H groups in total. The SMILES string of the molecule is CCC(=O)N1CCC2(CC2C(=O)NCc2cccnc2)C1.O=C(O)C(F)(F)F. The molecule has 7 nitrogen and oxygen atoms in total. The third-order valence-electron chi connectivity index (χ3n) is 4.98. The van der Waals surface area contributed by atoms with Gasteiger partial charge in [-0.25, -0.2) is 4.79 Å². The molecule has 1 aromatic heterocycles. The molecule has 0 aromatic carbocycles. The van der Waals surface area contributed by atoms with Crippen molar-refractivity contribution in [2.45, 2.75) is 38.9 Å². The van der Waals surface area contributed by atoms with Crippen LogP contribution in [0.1, 0.15) is 31.7 Å². The van der Waals surface area contributed by atoms with Crippen LogP contribution in [0.2, 0.25) is 0 Å². The lowest BCUT2D eigenvalue weighted by Crippen LogP contribution is -2.30. The highest BCUT2D eigenvalue weighted by Crippen LogP contribution is 2.58. The molecule has 3 rings (SSSR count). The fourth-order valence-electron chi connectivity index (χ4n) is 3.32. The van der Waals surface area contributed by atoms with Crippen molar-refractivity contribution >= 4 is 17.8 Å². The number of rotatable bonds is 4. The van der Waals surface area contributed by atoms with E-state index in [9.17, 15) is 22.8 Å². The predicted octanol–water partition coefficient (Wildman–Crippen LogP) is 1.98. The average Bonchev–Trinajstić information content (AvgIpc) is 3.19. The van der Waals surface area contributed by atoms with Gasteiger partial charge < -0.3 is 15.3 Å². The van der Waals surface area contributed by atoms with Crippen molar-refractivity contribution in [1.29, 1.82) is 0 Å². The van der Waals surface area contributed by atoms with Gasteiger partial charge in [0.25, 0.3) is 0 Å². The van der Waals surface area contributed by atoms with Crippen LogP contribution in [-0.4, -0.2) is 52.0 Å². The number of aromatic nitrogens is 1. The second-order valence-electron chi connectivity index (χ2n) is 6.92. The summed E-state index contributed by atoms with van der Waals surface area (Å²) in [5, 5.41) is 10.1. The Labute approximate surface area is 159 Å². The third kappa shape index (κ3) is 5.43. The van der Waals surface area contributed by atoms with Crippen LogP contribution < -0.4 is 5.32 Å². The first kappa shape index (κ1) is 21.6. The van der Waals surface area contributed by atoms with Gasteiger partial charge in [-0.05, 0) is 24.5 Å². The summed E-state index contributed by atoms with van der Waals surface area (Å²) >= 11 is 0. The van der Waals surface area contributed by atoms with Crippen LogP contribution in [0.25, 0.3) is 0 Å². The molecule has 154 valence electrons. The molecule has 1 aromatic rings. The Hall–Kier alpha value is -2.65. The van der Waals surface area contributed by atoms with Crippen molar-refractivity contribution in [3.8, 4) is 0 Å². The van der Waals surface area contributed by atoms with Gasteiger partial charge in [0.2, 0.25) is 11.8 Å². The molecule has 2 atom stereocenters. The number of alkyl halides is 3.